The van der Waals surface area contributed by atoms with Crippen LogP contribution in [0.15, 0.2) is 59.3 Å². The van der Waals surface area contributed by atoms with Crippen LogP contribution in [-0.2, 0) is 0 Å². The van der Waals surface area contributed by atoms with Gasteiger partial charge < -0.3 is 30.4 Å². The Balaban J connectivity index is 1.71. The van der Waals surface area contributed by atoms with Gasteiger partial charge in [0.1, 0.15) is 5.75 Å². The van der Waals surface area contributed by atoms with Gasteiger partial charge in [-0.3, -0.25) is 9.78 Å². The number of hydrogen-bond donors (Lipinski definition) is 5. The topological polar surface area (TPSA) is 128 Å². The van der Waals surface area contributed by atoms with Gasteiger partial charge in [-0.15, -0.1) is 0 Å². The van der Waals surface area contributed by atoms with E-state index in [0.29, 0.717) is 22.3 Å². The summed E-state index contributed by atoms with van der Waals surface area (Å²) in [5.74, 6) is -0.305. The molecule has 2 aromatic carbocycles. The first kappa shape index (κ1) is 18.7. The highest BCUT2D eigenvalue weighted by Gasteiger charge is 2.21. The number of benzene rings is 2. The number of phenolic OH excluding ortho intramolecular Hbond substituents is 1. The second-order valence-electron chi connectivity index (χ2n) is 6.56. The van der Waals surface area contributed by atoms with E-state index in [1.54, 1.807) is 36.5 Å². The fraction of sp³-hybridized carbons (Fsp3) is 0.143. The summed E-state index contributed by atoms with van der Waals surface area (Å²) in [6, 6.07) is 12.4. The molecule has 8 heteroatoms. The van der Waals surface area contributed by atoms with E-state index >= 15 is 0 Å². The SMILES string of the molecule is O=C(NC[C@@H](O)CO)c1oc2cnccc2c1Nc1ccc2c(O)cccc2c1. The third-order valence-electron chi connectivity index (χ3n) is 4.53. The number of rotatable bonds is 6. The minimum Gasteiger partial charge on any atom is -0.507 e. The number of amides is 1. The molecule has 2 aromatic heterocycles. The number of pyridine rings is 1. The number of aromatic hydroxyl groups is 1. The van der Waals surface area contributed by atoms with Crippen molar-refractivity contribution in [1.29, 1.82) is 0 Å². The van der Waals surface area contributed by atoms with E-state index in [0.717, 1.165) is 10.8 Å². The number of anilines is 2. The van der Waals surface area contributed by atoms with Gasteiger partial charge in [-0.2, -0.15) is 0 Å². The number of furan rings is 1. The molecule has 0 unspecified atom stereocenters. The van der Waals surface area contributed by atoms with Crippen molar-refractivity contribution in [3.63, 3.8) is 0 Å². The molecule has 0 spiro atoms. The first-order valence-electron chi connectivity index (χ1n) is 8.99. The predicted molar refractivity (Wildman–Crippen MR) is 108 cm³/mol. The Morgan fingerprint density at radius 1 is 1.17 bits per heavy atom. The number of aromatic nitrogens is 1. The molecule has 0 aliphatic rings. The lowest BCUT2D eigenvalue weighted by molar-refractivity contribution is 0.0786. The zero-order chi connectivity index (χ0) is 20.4. The minimum absolute atomic E-state index is 0.0362. The van der Waals surface area contributed by atoms with Crippen LogP contribution in [0.5, 0.6) is 5.75 Å². The molecule has 148 valence electrons. The van der Waals surface area contributed by atoms with Crippen LogP contribution in [0.3, 0.4) is 0 Å². The van der Waals surface area contributed by atoms with Gasteiger partial charge in [-0.1, -0.05) is 12.1 Å². The monoisotopic (exact) mass is 393 g/mol. The summed E-state index contributed by atoms with van der Waals surface area (Å²) in [5, 5.41) is 36.3. The molecule has 5 N–H and O–H groups in total. The molecule has 0 radical (unpaired) electrons. The Labute approximate surface area is 165 Å². The summed E-state index contributed by atoms with van der Waals surface area (Å²) in [5.41, 5.74) is 1.59. The van der Waals surface area contributed by atoms with Crippen molar-refractivity contribution in [1.82, 2.24) is 10.3 Å². The Bertz CT molecular complexity index is 1190. The smallest absolute Gasteiger partial charge is 0.289 e. The van der Waals surface area contributed by atoms with Gasteiger partial charge in [0.05, 0.1) is 24.6 Å². The summed E-state index contributed by atoms with van der Waals surface area (Å²) >= 11 is 0. The summed E-state index contributed by atoms with van der Waals surface area (Å²) in [6.45, 7) is -0.571. The van der Waals surface area contributed by atoms with Crippen LogP contribution in [0.1, 0.15) is 10.6 Å². The lowest BCUT2D eigenvalue weighted by Crippen LogP contribution is -2.33. The van der Waals surface area contributed by atoms with E-state index in [2.05, 4.69) is 15.6 Å². The largest absolute Gasteiger partial charge is 0.507 e. The van der Waals surface area contributed by atoms with Crippen LogP contribution in [0.2, 0.25) is 0 Å². The van der Waals surface area contributed by atoms with Crippen molar-refractivity contribution >= 4 is 39.0 Å². The molecule has 29 heavy (non-hydrogen) atoms. The van der Waals surface area contributed by atoms with Gasteiger partial charge in [-0.05, 0) is 35.7 Å². The van der Waals surface area contributed by atoms with Crippen LogP contribution in [0, 0.1) is 0 Å². The second kappa shape index (κ2) is 7.78. The average Bonchev–Trinajstić information content (AvgIpc) is 3.10. The van der Waals surface area contributed by atoms with Crippen molar-refractivity contribution in [3.8, 4) is 5.75 Å². The highest BCUT2D eigenvalue weighted by molar-refractivity contribution is 6.07. The van der Waals surface area contributed by atoms with Crippen molar-refractivity contribution in [2.45, 2.75) is 6.10 Å². The van der Waals surface area contributed by atoms with E-state index in [4.69, 9.17) is 9.52 Å². The Morgan fingerprint density at radius 3 is 2.86 bits per heavy atom. The lowest BCUT2D eigenvalue weighted by atomic mass is 10.1. The summed E-state index contributed by atoms with van der Waals surface area (Å²) in [7, 11) is 0. The first-order chi connectivity index (χ1) is 14.1. The van der Waals surface area contributed by atoms with Gasteiger partial charge in [-0.25, -0.2) is 0 Å². The van der Waals surface area contributed by atoms with E-state index < -0.39 is 18.6 Å². The molecule has 1 atom stereocenters. The number of carbonyl (C=O) groups is 1. The fourth-order valence-corrected chi connectivity index (χ4v) is 3.08. The minimum atomic E-state index is -1.06. The molecule has 0 aliphatic carbocycles. The first-order valence-corrected chi connectivity index (χ1v) is 8.99. The zero-order valence-electron chi connectivity index (χ0n) is 15.3. The van der Waals surface area contributed by atoms with E-state index in [-0.39, 0.29) is 18.1 Å². The van der Waals surface area contributed by atoms with Gasteiger partial charge in [0.2, 0.25) is 5.76 Å². The molecule has 0 fully saturated rings. The maximum absolute atomic E-state index is 12.6. The van der Waals surface area contributed by atoms with Gasteiger partial charge >= 0.3 is 0 Å². The van der Waals surface area contributed by atoms with Crippen molar-refractivity contribution < 1.29 is 24.5 Å². The van der Waals surface area contributed by atoms with Crippen LogP contribution < -0.4 is 10.6 Å². The zero-order valence-corrected chi connectivity index (χ0v) is 15.3. The number of nitrogens with one attached hydrogen (secondary N) is 2. The Hall–Kier alpha value is -3.62. The van der Waals surface area contributed by atoms with Gasteiger partial charge in [0.15, 0.2) is 5.58 Å². The molecule has 4 aromatic rings. The maximum atomic E-state index is 12.6. The molecule has 4 rings (SSSR count). The molecule has 2 heterocycles. The Kier molecular flexibility index (Phi) is 5.03. The molecule has 0 saturated carbocycles. The summed E-state index contributed by atoms with van der Waals surface area (Å²) in [6.07, 6.45) is 2.05. The standard InChI is InChI=1S/C21H19N3O5/c25-11-14(26)9-23-21(28)20-19(16-6-7-22-10-18(16)29-20)24-13-4-5-15-12(8-13)2-1-3-17(15)27/h1-8,10,14,24-27H,9,11H2,(H,23,28)/t14-/m1/s1. The van der Waals surface area contributed by atoms with Gasteiger partial charge in [0, 0.05) is 29.2 Å². The number of carbonyl (C=O) groups excluding carboxylic acids is 1. The Morgan fingerprint density at radius 2 is 2.03 bits per heavy atom. The highest BCUT2D eigenvalue weighted by atomic mass is 16.3. The number of hydrogen-bond acceptors (Lipinski definition) is 7. The molecule has 1 amide bonds. The summed E-state index contributed by atoms with van der Waals surface area (Å²) < 4.78 is 5.68. The molecule has 0 bridgehead atoms. The van der Waals surface area contributed by atoms with Crippen molar-refractivity contribution in [2.75, 3.05) is 18.5 Å². The van der Waals surface area contributed by atoms with Crippen molar-refractivity contribution in [2.24, 2.45) is 0 Å². The van der Waals surface area contributed by atoms with E-state index in [1.807, 2.05) is 12.1 Å². The van der Waals surface area contributed by atoms with Crippen LogP contribution in [-0.4, -0.2) is 45.5 Å². The van der Waals surface area contributed by atoms with Crippen LogP contribution >= 0.6 is 0 Å². The number of phenols is 1. The molecule has 0 aliphatic heterocycles. The van der Waals surface area contributed by atoms with Gasteiger partial charge in [0.25, 0.3) is 5.91 Å². The van der Waals surface area contributed by atoms with Crippen LogP contribution in [0.4, 0.5) is 11.4 Å². The number of nitrogens with zero attached hydrogens (tertiary/aromatic N) is 1. The average molecular weight is 393 g/mol. The van der Waals surface area contributed by atoms with E-state index in [9.17, 15) is 15.0 Å². The van der Waals surface area contributed by atoms with Crippen molar-refractivity contribution in [3.05, 3.63) is 60.6 Å². The normalized spacial score (nSPS) is 12.2. The van der Waals surface area contributed by atoms with E-state index in [1.165, 1.54) is 6.20 Å². The number of aliphatic hydroxyl groups excluding tert-OH is 2. The fourth-order valence-electron chi connectivity index (χ4n) is 3.08. The third kappa shape index (κ3) is 3.71. The highest BCUT2D eigenvalue weighted by Crippen LogP contribution is 2.34. The number of aliphatic hydroxyl groups is 2. The quantitative estimate of drug-likeness (QED) is 0.340. The maximum Gasteiger partial charge on any atom is 0.289 e. The molecular weight excluding hydrogens is 374 g/mol. The summed E-state index contributed by atoms with van der Waals surface area (Å²) in [4.78, 5) is 16.6. The van der Waals surface area contributed by atoms with Crippen LogP contribution in [0.25, 0.3) is 21.7 Å². The number of fused-ring (bicyclic) bond motifs is 2. The molecular formula is C21H19N3O5. The lowest BCUT2D eigenvalue weighted by Gasteiger charge is -2.11. The third-order valence-corrected chi connectivity index (χ3v) is 4.53. The second-order valence-corrected chi connectivity index (χ2v) is 6.56. The molecule has 0 saturated heterocycles. The predicted octanol–water partition coefficient (Wildman–Crippen LogP) is 2.51. The molecule has 8 nitrogen and oxygen atoms in total.